The van der Waals surface area contributed by atoms with Crippen LogP contribution in [0.2, 0.25) is 0 Å². The van der Waals surface area contributed by atoms with Crippen molar-refractivity contribution in [3.63, 3.8) is 0 Å². The summed E-state index contributed by atoms with van der Waals surface area (Å²) in [7, 11) is 0. The second-order valence-corrected chi connectivity index (χ2v) is 3.22. The summed E-state index contributed by atoms with van der Waals surface area (Å²) in [4.78, 5) is 8.61. The lowest BCUT2D eigenvalue weighted by molar-refractivity contribution is 0.194. The molecule has 0 amide bonds. The molecule has 4 heteroatoms. The fourth-order valence-corrected chi connectivity index (χ4v) is 1.43. The molecule has 0 unspecified atom stereocenters. The molecule has 0 saturated carbocycles. The number of hydrogen-bond donors (Lipinski definition) is 1. The molecular weight excluding hydrogens is 166 g/mol. The number of hydrogen-bond acceptors (Lipinski definition) is 4. The van der Waals surface area contributed by atoms with Crippen LogP contribution in [0.1, 0.15) is 6.92 Å². The van der Waals surface area contributed by atoms with E-state index in [1.165, 1.54) is 0 Å². The van der Waals surface area contributed by atoms with E-state index in [0.717, 1.165) is 39.3 Å². The molecule has 0 fully saturated rings. The Morgan fingerprint density at radius 1 is 1.54 bits per heavy atom. The molecule has 0 aliphatic carbocycles. The first-order valence-corrected chi connectivity index (χ1v) is 4.94. The van der Waals surface area contributed by atoms with Crippen molar-refractivity contribution in [1.82, 2.24) is 9.80 Å². The maximum absolute atomic E-state index is 8.78. The van der Waals surface area contributed by atoms with E-state index in [0.29, 0.717) is 0 Å². The molecule has 0 aromatic rings. The minimum atomic E-state index is 0.252. The van der Waals surface area contributed by atoms with Crippen molar-refractivity contribution in [2.45, 2.75) is 6.92 Å². The van der Waals surface area contributed by atoms with Gasteiger partial charge in [-0.3, -0.25) is 9.89 Å². The molecule has 0 spiro atoms. The Bertz CT molecular complexity index is 161. The van der Waals surface area contributed by atoms with Crippen LogP contribution in [-0.4, -0.2) is 67.1 Å². The van der Waals surface area contributed by atoms with E-state index in [-0.39, 0.29) is 6.61 Å². The molecule has 76 valence electrons. The number of aliphatic imine (C=N–C) groups is 1. The summed E-state index contributed by atoms with van der Waals surface area (Å²) in [6.45, 7) is 8.19. The number of likely N-dealkylation sites (N-methyl/N-ethyl adjacent to an activating group) is 1. The Labute approximate surface area is 79.9 Å². The lowest BCUT2D eigenvalue weighted by Crippen LogP contribution is -2.35. The Morgan fingerprint density at radius 2 is 2.38 bits per heavy atom. The van der Waals surface area contributed by atoms with Crippen LogP contribution in [0.25, 0.3) is 0 Å². The molecule has 1 aliphatic rings. The van der Waals surface area contributed by atoms with E-state index in [4.69, 9.17) is 5.11 Å². The Hall–Kier alpha value is -0.610. The van der Waals surface area contributed by atoms with Gasteiger partial charge >= 0.3 is 0 Å². The average molecular weight is 185 g/mol. The van der Waals surface area contributed by atoms with Gasteiger partial charge in [-0.1, -0.05) is 6.92 Å². The summed E-state index contributed by atoms with van der Waals surface area (Å²) in [5, 5.41) is 8.78. The van der Waals surface area contributed by atoms with E-state index >= 15 is 0 Å². The molecule has 0 aromatic heterocycles. The van der Waals surface area contributed by atoms with Gasteiger partial charge in [0.05, 0.1) is 19.5 Å². The topological polar surface area (TPSA) is 39.1 Å². The zero-order valence-electron chi connectivity index (χ0n) is 8.32. The van der Waals surface area contributed by atoms with Crippen molar-refractivity contribution in [3.8, 4) is 0 Å². The second-order valence-electron chi connectivity index (χ2n) is 3.22. The van der Waals surface area contributed by atoms with Crippen LogP contribution < -0.4 is 0 Å². The van der Waals surface area contributed by atoms with Gasteiger partial charge in [-0.25, -0.2) is 0 Å². The molecule has 0 bridgehead atoms. The average Bonchev–Trinajstić information content (AvgIpc) is 2.64. The number of aliphatic hydroxyl groups excluding tert-OH is 1. The lowest BCUT2D eigenvalue weighted by Gasteiger charge is -2.22. The lowest BCUT2D eigenvalue weighted by atomic mass is 10.4. The molecule has 0 aromatic carbocycles. The Balaban J connectivity index is 2.11. The zero-order chi connectivity index (χ0) is 9.52. The third-order valence-corrected chi connectivity index (χ3v) is 2.33. The zero-order valence-corrected chi connectivity index (χ0v) is 8.32. The van der Waals surface area contributed by atoms with Gasteiger partial charge in [-0.2, -0.15) is 0 Å². The monoisotopic (exact) mass is 185 g/mol. The highest BCUT2D eigenvalue weighted by Gasteiger charge is 2.07. The van der Waals surface area contributed by atoms with Gasteiger partial charge in [-0.05, 0) is 6.54 Å². The molecule has 1 heterocycles. The molecule has 4 nitrogen and oxygen atoms in total. The summed E-state index contributed by atoms with van der Waals surface area (Å²) >= 11 is 0. The fourth-order valence-electron chi connectivity index (χ4n) is 1.43. The van der Waals surface area contributed by atoms with Crippen LogP contribution in [0.3, 0.4) is 0 Å². The van der Waals surface area contributed by atoms with Crippen LogP contribution in [0.15, 0.2) is 4.99 Å². The van der Waals surface area contributed by atoms with Crippen molar-refractivity contribution in [1.29, 1.82) is 0 Å². The second kappa shape index (κ2) is 5.94. The minimum absolute atomic E-state index is 0.252. The van der Waals surface area contributed by atoms with Crippen molar-refractivity contribution in [2.24, 2.45) is 4.99 Å². The maximum Gasteiger partial charge on any atom is 0.0851 e. The van der Waals surface area contributed by atoms with E-state index in [1.54, 1.807) is 0 Å². The highest BCUT2D eigenvalue weighted by atomic mass is 16.3. The normalized spacial score (nSPS) is 16.1. The minimum Gasteiger partial charge on any atom is -0.395 e. The molecule has 1 aliphatic heterocycles. The summed E-state index contributed by atoms with van der Waals surface area (Å²) in [5.74, 6) is 0. The third kappa shape index (κ3) is 3.74. The number of aliphatic hydroxyl groups is 1. The molecular formula is C9H19N3O. The maximum atomic E-state index is 8.78. The van der Waals surface area contributed by atoms with Crippen molar-refractivity contribution >= 4 is 6.34 Å². The van der Waals surface area contributed by atoms with Gasteiger partial charge < -0.3 is 10.0 Å². The number of rotatable bonds is 6. The summed E-state index contributed by atoms with van der Waals surface area (Å²) in [6.07, 6.45) is 1.92. The van der Waals surface area contributed by atoms with Crippen LogP contribution in [0, 0.1) is 0 Å². The van der Waals surface area contributed by atoms with Gasteiger partial charge in [0.1, 0.15) is 0 Å². The molecule has 13 heavy (non-hydrogen) atoms. The molecule has 1 rings (SSSR count). The van der Waals surface area contributed by atoms with E-state index in [9.17, 15) is 0 Å². The molecule has 0 atom stereocenters. The Kier molecular flexibility index (Phi) is 4.78. The van der Waals surface area contributed by atoms with E-state index < -0.39 is 0 Å². The van der Waals surface area contributed by atoms with Gasteiger partial charge in [0.15, 0.2) is 0 Å². The van der Waals surface area contributed by atoms with Crippen LogP contribution in [-0.2, 0) is 0 Å². The fraction of sp³-hybridized carbons (Fsp3) is 0.889. The van der Waals surface area contributed by atoms with Gasteiger partial charge in [-0.15, -0.1) is 0 Å². The van der Waals surface area contributed by atoms with E-state index in [1.807, 2.05) is 6.34 Å². The molecule has 1 N–H and O–H groups in total. The predicted octanol–water partition coefficient (Wildman–Crippen LogP) is -0.355. The number of nitrogens with zero attached hydrogens (tertiary/aromatic N) is 3. The van der Waals surface area contributed by atoms with Crippen LogP contribution in [0.5, 0.6) is 0 Å². The summed E-state index contributed by atoms with van der Waals surface area (Å²) < 4.78 is 0. The largest absolute Gasteiger partial charge is 0.395 e. The standard InChI is InChI=1S/C9H19N3O/c1-2-11(7-8-13)5-6-12-4-3-10-9-12/h9,13H,2-8H2,1H3. The highest BCUT2D eigenvalue weighted by molar-refractivity contribution is 5.56. The summed E-state index contributed by atoms with van der Waals surface area (Å²) in [5.41, 5.74) is 0. The van der Waals surface area contributed by atoms with Crippen molar-refractivity contribution in [2.75, 3.05) is 45.9 Å². The smallest absolute Gasteiger partial charge is 0.0851 e. The van der Waals surface area contributed by atoms with Gasteiger partial charge in [0, 0.05) is 26.2 Å². The quantitative estimate of drug-likeness (QED) is 0.614. The van der Waals surface area contributed by atoms with Crippen LogP contribution >= 0.6 is 0 Å². The van der Waals surface area contributed by atoms with E-state index in [2.05, 4.69) is 21.7 Å². The molecule has 0 radical (unpaired) electrons. The SMILES string of the molecule is CCN(CCO)CCN1C=NCC1. The molecule has 0 saturated heterocycles. The first kappa shape index (κ1) is 10.5. The first-order chi connectivity index (χ1) is 6.36. The highest BCUT2D eigenvalue weighted by Crippen LogP contribution is 1.94. The van der Waals surface area contributed by atoms with Gasteiger partial charge in [0.2, 0.25) is 0 Å². The summed E-state index contributed by atoms with van der Waals surface area (Å²) in [6, 6.07) is 0. The van der Waals surface area contributed by atoms with Crippen molar-refractivity contribution < 1.29 is 5.11 Å². The Morgan fingerprint density at radius 3 is 2.92 bits per heavy atom. The first-order valence-electron chi connectivity index (χ1n) is 4.94. The van der Waals surface area contributed by atoms with Crippen molar-refractivity contribution in [3.05, 3.63) is 0 Å². The predicted molar refractivity (Wildman–Crippen MR) is 54.1 cm³/mol. The van der Waals surface area contributed by atoms with Gasteiger partial charge in [0.25, 0.3) is 0 Å². The van der Waals surface area contributed by atoms with Crippen LogP contribution in [0.4, 0.5) is 0 Å². The third-order valence-electron chi connectivity index (χ3n) is 2.33.